The number of nitriles is 1. The molecule has 0 heterocycles. The summed E-state index contributed by atoms with van der Waals surface area (Å²) >= 11 is 0. The van der Waals surface area contributed by atoms with E-state index in [0.717, 1.165) is 24.4 Å². The lowest BCUT2D eigenvalue weighted by Crippen LogP contribution is -2.33. The van der Waals surface area contributed by atoms with Gasteiger partial charge in [0.15, 0.2) is 0 Å². The predicted octanol–water partition coefficient (Wildman–Crippen LogP) is 2.00. The Balaban J connectivity index is 2.50. The average Bonchev–Trinajstić information content (AvgIpc) is 2.42. The summed E-state index contributed by atoms with van der Waals surface area (Å²) in [4.78, 5) is 2.29. The first kappa shape index (κ1) is 15.5. The van der Waals surface area contributed by atoms with Crippen LogP contribution >= 0.6 is 0 Å². The molecule has 0 atom stereocenters. The van der Waals surface area contributed by atoms with E-state index in [4.69, 9.17) is 10.00 Å². The quantitative estimate of drug-likeness (QED) is 0.763. The van der Waals surface area contributed by atoms with Crippen molar-refractivity contribution in [2.75, 3.05) is 27.2 Å². The van der Waals surface area contributed by atoms with Gasteiger partial charge in [-0.15, -0.1) is 0 Å². The van der Waals surface area contributed by atoms with Crippen molar-refractivity contribution in [2.45, 2.75) is 26.4 Å². The summed E-state index contributed by atoms with van der Waals surface area (Å²) < 4.78 is 5.30. The molecule has 0 aliphatic heterocycles. The zero-order valence-electron chi connectivity index (χ0n) is 12.2. The molecule has 0 radical (unpaired) electrons. The number of hydrogen-bond donors (Lipinski definition) is 1. The summed E-state index contributed by atoms with van der Waals surface area (Å²) in [6.07, 6.45) is 0. The molecule has 0 unspecified atom stereocenters. The lowest BCUT2D eigenvalue weighted by Gasteiger charge is -2.21. The molecule has 0 saturated heterocycles. The van der Waals surface area contributed by atoms with Crippen LogP contribution in [0.3, 0.4) is 0 Å². The highest BCUT2D eigenvalue weighted by molar-refractivity contribution is 5.41. The second-order valence-electron chi connectivity index (χ2n) is 4.89. The van der Waals surface area contributed by atoms with Crippen LogP contribution in [0.5, 0.6) is 5.75 Å². The lowest BCUT2D eigenvalue weighted by atomic mass is 10.1. The monoisotopic (exact) mass is 261 g/mol. The van der Waals surface area contributed by atoms with Crippen LogP contribution in [0, 0.1) is 11.3 Å². The molecule has 0 aromatic heterocycles. The Morgan fingerprint density at radius 2 is 2.16 bits per heavy atom. The number of nitrogens with zero attached hydrogens (tertiary/aromatic N) is 2. The SMILES string of the molecule is COc1ccc(C#N)cc1CNCCN(C)C(C)C. The van der Waals surface area contributed by atoms with Crippen LogP contribution in [-0.4, -0.2) is 38.2 Å². The van der Waals surface area contributed by atoms with E-state index in [9.17, 15) is 0 Å². The van der Waals surface area contributed by atoms with Crippen LogP contribution in [0.15, 0.2) is 18.2 Å². The highest BCUT2D eigenvalue weighted by atomic mass is 16.5. The first-order valence-corrected chi connectivity index (χ1v) is 6.56. The van der Waals surface area contributed by atoms with Gasteiger partial charge in [0.1, 0.15) is 5.75 Å². The van der Waals surface area contributed by atoms with Crippen molar-refractivity contribution in [2.24, 2.45) is 0 Å². The molecule has 0 aliphatic rings. The zero-order chi connectivity index (χ0) is 14.3. The van der Waals surface area contributed by atoms with Crippen molar-refractivity contribution in [3.05, 3.63) is 29.3 Å². The smallest absolute Gasteiger partial charge is 0.123 e. The number of hydrogen-bond acceptors (Lipinski definition) is 4. The molecule has 0 bridgehead atoms. The molecular formula is C15H23N3O. The molecule has 0 saturated carbocycles. The van der Waals surface area contributed by atoms with Gasteiger partial charge in [-0.25, -0.2) is 0 Å². The van der Waals surface area contributed by atoms with E-state index in [2.05, 4.69) is 37.2 Å². The van der Waals surface area contributed by atoms with Crippen molar-refractivity contribution in [1.82, 2.24) is 10.2 Å². The maximum Gasteiger partial charge on any atom is 0.123 e. The molecule has 0 spiro atoms. The standard InChI is InChI=1S/C15H23N3O/c1-12(2)18(3)8-7-17-11-14-9-13(10-16)5-6-15(14)19-4/h5-6,9,12,17H,7-8,11H2,1-4H3. The third kappa shape index (κ3) is 4.90. The highest BCUT2D eigenvalue weighted by Crippen LogP contribution is 2.19. The van der Waals surface area contributed by atoms with E-state index < -0.39 is 0 Å². The van der Waals surface area contributed by atoms with E-state index in [-0.39, 0.29) is 0 Å². The Hall–Kier alpha value is -1.57. The summed E-state index contributed by atoms with van der Waals surface area (Å²) in [7, 11) is 3.76. The van der Waals surface area contributed by atoms with Crippen LogP contribution in [-0.2, 0) is 6.54 Å². The third-order valence-corrected chi connectivity index (χ3v) is 3.25. The van der Waals surface area contributed by atoms with Crippen molar-refractivity contribution in [1.29, 1.82) is 5.26 Å². The Kier molecular flexibility index (Phi) is 6.34. The summed E-state index contributed by atoms with van der Waals surface area (Å²) in [5.41, 5.74) is 1.69. The number of nitrogens with one attached hydrogen (secondary N) is 1. The number of ether oxygens (including phenoxy) is 1. The van der Waals surface area contributed by atoms with Crippen molar-refractivity contribution < 1.29 is 4.74 Å². The van der Waals surface area contributed by atoms with Gasteiger partial charge in [-0.3, -0.25) is 0 Å². The number of benzene rings is 1. The summed E-state index contributed by atoms with van der Waals surface area (Å²) in [6, 6.07) is 8.19. The van der Waals surface area contributed by atoms with Crippen molar-refractivity contribution in [3.8, 4) is 11.8 Å². The van der Waals surface area contributed by atoms with Crippen molar-refractivity contribution in [3.63, 3.8) is 0 Å². The average molecular weight is 261 g/mol. The van der Waals surface area contributed by atoms with Gasteiger partial charge in [-0.2, -0.15) is 5.26 Å². The van der Waals surface area contributed by atoms with E-state index >= 15 is 0 Å². The van der Waals surface area contributed by atoms with Crippen LogP contribution in [0.2, 0.25) is 0 Å². The second-order valence-corrected chi connectivity index (χ2v) is 4.89. The molecule has 1 rings (SSSR count). The third-order valence-electron chi connectivity index (χ3n) is 3.25. The number of likely N-dealkylation sites (N-methyl/N-ethyl adjacent to an activating group) is 1. The summed E-state index contributed by atoms with van der Waals surface area (Å²) in [5.74, 6) is 0.823. The first-order valence-electron chi connectivity index (χ1n) is 6.56. The number of methoxy groups -OCH3 is 1. The maximum atomic E-state index is 8.91. The second kappa shape index (κ2) is 7.78. The van der Waals surface area contributed by atoms with Crippen molar-refractivity contribution >= 4 is 0 Å². The summed E-state index contributed by atoms with van der Waals surface area (Å²) in [5, 5.41) is 12.3. The molecule has 0 aliphatic carbocycles. The van der Waals surface area contributed by atoms with Crippen LogP contribution in [0.1, 0.15) is 25.0 Å². The molecule has 104 valence electrons. The molecule has 1 aromatic carbocycles. The molecule has 1 aromatic rings. The normalized spacial score (nSPS) is 10.8. The zero-order valence-corrected chi connectivity index (χ0v) is 12.2. The molecule has 0 amide bonds. The minimum absolute atomic E-state index is 0.554. The van der Waals surface area contributed by atoms with Gasteiger partial charge in [0, 0.05) is 31.2 Å². The molecule has 19 heavy (non-hydrogen) atoms. The van der Waals surface area contributed by atoms with Gasteiger partial charge in [-0.05, 0) is 39.1 Å². The lowest BCUT2D eigenvalue weighted by molar-refractivity contribution is 0.273. The molecule has 1 N–H and O–H groups in total. The molecule has 0 fully saturated rings. The Morgan fingerprint density at radius 3 is 2.74 bits per heavy atom. The Bertz CT molecular complexity index is 438. The predicted molar refractivity (Wildman–Crippen MR) is 77.2 cm³/mol. The van der Waals surface area contributed by atoms with Gasteiger partial charge < -0.3 is 15.0 Å². The van der Waals surface area contributed by atoms with Crippen LogP contribution in [0.25, 0.3) is 0 Å². The van der Waals surface area contributed by atoms with E-state index in [1.165, 1.54) is 0 Å². The topological polar surface area (TPSA) is 48.3 Å². The fourth-order valence-electron chi connectivity index (χ4n) is 1.72. The highest BCUT2D eigenvalue weighted by Gasteiger charge is 2.05. The van der Waals surface area contributed by atoms with Crippen LogP contribution < -0.4 is 10.1 Å². The van der Waals surface area contributed by atoms with E-state index in [0.29, 0.717) is 18.2 Å². The molecule has 4 heteroatoms. The molecular weight excluding hydrogens is 238 g/mol. The van der Waals surface area contributed by atoms with E-state index in [1.807, 2.05) is 12.1 Å². The van der Waals surface area contributed by atoms with Crippen LogP contribution in [0.4, 0.5) is 0 Å². The van der Waals surface area contributed by atoms with Gasteiger partial charge in [-0.1, -0.05) is 0 Å². The molecule has 4 nitrogen and oxygen atoms in total. The first-order chi connectivity index (χ1) is 9.08. The van der Waals surface area contributed by atoms with E-state index in [1.54, 1.807) is 13.2 Å². The van der Waals surface area contributed by atoms with Gasteiger partial charge in [0.25, 0.3) is 0 Å². The maximum absolute atomic E-state index is 8.91. The minimum Gasteiger partial charge on any atom is -0.496 e. The fraction of sp³-hybridized carbons (Fsp3) is 0.533. The number of rotatable bonds is 7. The fourth-order valence-corrected chi connectivity index (χ4v) is 1.72. The minimum atomic E-state index is 0.554. The Labute approximate surface area is 116 Å². The summed E-state index contributed by atoms with van der Waals surface area (Å²) in [6.45, 7) is 6.98. The van der Waals surface area contributed by atoms with Gasteiger partial charge in [0.2, 0.25) is 0 Å². The van der Waals surface area contributed by atoms with Gasteiger partial charge >= 0.3 is 0 Å². The van der Waals surface area contributed by atoms with Gasteiger partial charge in [0.05, 0.1) is 18.7 Å². The Morgan fingerprint density at radius 1 is 1.42 bits per heavy atom. The largest absolute Gasteiger partial charge is 0.496 e.